The average Bonchev–Trinajstić information content (AvgIpc) is 2.63. The smallest absolute Gasteiger partial charge is 0.227 e. The molecule has 1 fully saturated rings. The van der Waals surface area contributed by atoms with Gasteiger partial charge in [-0.1, -0.05) is 29.8 Å². The lowest BCUT2D eigenvalue weighted by molar-refractivity contribution is -0.120. The molecule has 0 spiro atoms. The first kappa shape index (κ1) is 19.8. The molecule has 0 unspecified atom stereocenters. The first-order valence-corrected chi connectivity index (χ1v) is 10.6. The zero-order valence-corrected chi connectivity index (χ0v) is 16.1. The summed E-state index contributed by atoms with van der Waals surface area (Å²) in [7, 11) is -3.50. The second-order valence-electron chi connectivity index (χ2n) is 6.56. The van der Waals surface area contributed by atoms with Gasteiger partial charge in [0.25, 0.3) is 0 Å². The van der Waals surface area contributed by atoms with Crippen molar-refractivity contribution in [3.05, 3.63) is 64.9 Å². The van der Waals surface area contributed by atoms with Crippen LogP contribution in [0.3, 0.4) is 0 Å². The normalized spacial score (nSPS) is 16.2. The number of rotatable bonds is 5. The third kappa shape index (κ3) is 5.28. The van der Waals surface area contributed by atoms with Gasteiger partial charge in [-0.2, -0.15) is 0 Å². The van der Waals surface area contributed by atoms with Crippen LogP contribution in [-0.2, 0) is 20.6 Å². The molecule has 0 aromatic heterocycles. The molecular formula is C19H20ClFN2O3S. The molecule has 1 N–H and O–H groups in total. The molecular weight excluding hydrogens is 391 g/mol. The van der Waals surface area contributed by atoms with Gasteiger partial charge in [0.15, 0.2) is 0 Å². The molecule has 2 aromatic carbocycles. The van der Waals surface area contributed by atoms with Gasteiger partial charge in [-0.05, 0) is 48.7 Å². The molecule has 144 valence electrons. The Balaban J connectivity index is 1.56. The van der Waals surface area contributed by atoms with E-state index < -0.39 is 15.8 Å². The number of sulfonamides is 1. The zero-order chi connectivity index (χ0) is 19.4. The molecule has 5 nitrogen and oxygen atoms in total. The van der Waals surface area contributed by atoms with Crippen LogP contribution in [0.15, 0.2) is 48.5 Å². The topological polar surface area (TPSA) is 66.5 Å². The maximum absolute atomic E-state index is 13.0. The molecule has 1 aliphatic heterocycles. The highest BCUT2D eigenvalue weighted by molar-refractivity contribution is 7.88. The van der Waals surface area contributed by atoms with Gasteiger partial charge in [0.2, 0.25) is 15.9 Å². The van der Waals surface area contributed by atoms with Gasteiger partial charge in [0.05, 0.1) is 5.75 Å². The molecule has 0 saturated carbocycles. The number of hydrogen-bond acceptors (Lipinski definition) is 3. The van der Waals surface area contributed by atoms with Gasteiger partial charge in [-0.3, -0.25) is 4.79 Å². The minimum Gasteiger partial charge on any atom is -0.326 e. The van der Waals surface area contributed by atoms with Gasteiger partial charge in [-0.25, -0.2) is 17.1 Å². The third-order valence-corrected chi connectivity index (χ3v) is 6.66. The van der Waals surface area contributed by atoms with E-state index in [4.69, 9.17) is 11.6 Å². The Morgan fingerprint density at radius 1 is 1.15 bits per heavy atom. The Kier molecular flexibility index (Phi) is 6.14. The number of hydrogen-bond donors (Lipinski definition) is 1. The Morgan fingerprint density at radius 3 is 2.44 bits per heavy atom. The number of carbonyl (C=O) groups excluding carboxylic acids is 1. The molecule has 27 heavy (non-hydrogen) atoms. The van der Waals surface area contributed by atoms with E-state index in [0.29, 0.717) is 29.1 Å². The molecule has 1 heterocycles. The largest absolute Gasteiger partial charge is 0.326 e. The lowest BCUT2D eigenvalue weighted by atomic mass is 9.97. The summed E-state index contributed by atoms with van der Waals surface area (Å²) in [5.74, 6) is -0.955. The third-order valence-electron chi connectivity index (χ3n) is 4.57. The fraction of sp³-hybridized carbons (Fsp3) is 0.316. The van der Waals surface area contributed by atoms with E-state index in [1.54, 1.807) is 24.3 Å². The number of nitrogens with one attached hydrogen (secondary N) is 1. The van der Waals surface area contributed by atoms with Crippen molar-refractivity contribution in [2.75, 3.05) is 18.4 Å². The average molecular weight is 411 g/mol. The fourth-order valence-corrected chi connectivity index (χ4v) is 4.84. The van der Waals surface area contributed by atoms with Crippen LogP contribution in [0.2, 0.25) is 5.02 Å². The van der Waals surface area contributed by atoms with Crippen LogP contribution in [0.5, 0.6) is 0 Å². The highest BCUT2D eigenvalue weighted by atomic mass is 35.5. The molecule has 8 heteroatoms. The van der Waals surface area contributed by atoms with E-state index in [1.165, 1.54) is 28.6 Å². The summed E-state index contributed by atoms with van der Waals surface area (Å²) in [4.78, 5) is 12.4. The van der Waals surface area contributed by atoms with Gasteiger partial charge < -0.3 is 5.32 Å². The predicted octanol–water partition coefficient (Wildman–Crippen LogP) is 3.66. The van der Waals surface area contributed by atoms with Crippen molar-refractivity contribution in [3.63, 3.8) is 0 Å². The molecule has 3 rings (SSSR count). The first-order chi connectivity index (χ1) is 12.8. The van der Waals surface area contributed by atoms with E-state index in [1.807, 2.05) is 0 Å². The summed E-state index contributed by atoms with van der Waals surface area (Å²) in [6.45, 7) is 0.578. The summed E-state index contributed by atoms with van der Waals surface area (Å²) >= 11 is 5.91. The van der Waals surface area contributed by atoms with Crippen molar-refractivity contribution in [2.45, 2.75) is 18.6 Å². The van der Waals surface area contributed by atoms with Crippen molar-refractivity contribution >= 4 is 33.2 Å². The number of benzene rings is 2. The molecule has 1 amide bonds. The van der Waals surface area contributed by atoms with Crippen molar-refractivity contribution in [3.8, 4) is 0 Å². The number of nitrogens with zero attached hydrogens (tertiary/aromatic N) is 1. The van der Waals surface area contributed by atoms with Gasteiger partial charge in [0.1, 0.15) is 5.82 Å². The summed E-state index contributed by atoms with van der Waals surface area (Å²) in [6, 6.07) is 12.3. The molecule has 0 atom stereocenters. The van der Waals surface area contributed by atoms with E-state index in [9.17, 15) is 17.6 Å². The lowest BCUT2D eigenvalue weighted by Crippen LogP contribution is -2.41. The number of amides is 1. The van der Waals surface area contributed by atoms with Gasteiger partial charge in [-0.15, -0.1) is 0 Å². The SMILES string of the molecule is O=C(Nc1cccc(Cl)c1)C1CCN(S(=O)(=O)Cc2ccc(F)cc2)CC1. The van der Waals surface area contributed by atoms with E-state index >= 15 is 0 Å². The molecule has 1 saturated heterocycles. The van der Waals surface area contributed by atoms with Crippen LogP contribution in [0.1, 0.15) is 18.4 Å². The monoisotopic (exact) mass is 410 g/mol. The molecule has 1 aliphatic rings. The Morgan fingerprint density at radius 2 is 1.81 bits per heavy atom. The Bertz CT molecular complexity index is 911. The van der Waals surface area contributed by atoms with Crippen LogP contribution in [0.4, 0.5) is 10.1 Å². The first-order valence-electron chi connectivity index (χ1n) is 8.62. The molecule has 0 aliphatic carbocycles. The highest BCUT2D eigenvalue weighted by Crippen LogP contribution is 2.24. The van der Waals surface area contributed by atoms with E-state index in [0.717, 1.165) is 0 Å². The zero-order valence-electron chi connectivity index (χ0n) is 14.6. The Hall–Kier alpha value is -1.96. The van der Waals surface area contributed by atoms with E-state index in [2.05, 4.69) is 5.32 Å². The molecule has 0 radical (unpaired) electrons. The minimum absolute atomic E-state index is 0.132. The maximum Gasteiger partial charge on any atom is 0.227 e. The lowest BCUT2D eigenvalue weighted by Gasteiger charge is -2.30. The summed E-state index contributed by atoms with van der Waals surface area (Å²) in [6.07, 6.45) is 0.907. The van der Waals surface area contributed by atoms with Crippen LogP contribution >= 0.6 is 11.6 Å². The maximum atomic E-state index is 13.0. The summed E-state index contributed by atoms with van der Waals surface area (Å²) < 4.78 is 39.5. The van der Waals surface area contributed by atoms with Crippen LogP contribution < -0.4 is 5.32 Å². The predicted molar refractivity (Wildman–Crippen MR) is 103 cm³/mol. The van der Waals surface area contributed by atoms with Crippen molar-refractivity contribution in [1.29, 1.82) is 0 Å². The van der Waals surface area contributed by atoms with Crippen LogP contribution in [-0.4, -0.2) is 31.7 Å². The van der Waals surface area contributed by atoms with Crippen molar-refractivity contribution in [1.82, 2.24) is 4.31 Å². The molecule has 0 bridgehead atoms. The second-order valence-corrected chi connectivity index (χ2v) is 8.96. The summed E-state index contributed by atoms with van der Waals surface area (Å²) in [5, 5.41) is 3.36. The number of halogens is 2. The second kappa shape index (κ2) is 8.37. The van der Waals surface area contributed by atoms with Crippen molar-refractivity contribution in [2.24, 2.45) is 5.92 Å². The van der Waals surface area contributed by atoms with Crippen molar-refractivity contribution < 1.29 is 17.6 Å². The van der Waals surface area contributed by atoms with Crippen LogP contribution in [0.25, 0.3) is 0 Å². The Labute approximate surface area is 163 Å². The van der Waals surface area contributed by atoms with Gasteiger partial charge >= 0.3 is 0 Å². The minimum atomic E-state index is -3.50. The standard InChI is InChI=1S/C19H20ClFN2O3S/c20-16-2-1-3-18(12-16)22-19(24)15-8-10-23(11-9-15)27(25,26)13-14-4-6-17(21)7-5-14/h1-7,12,15H,8-11,13H2,(H,22,24). The number of piperidine rings is 1. The molecule has 2 aromatic rings. The number of carbonyl (C=O) groups is 1. The summed E-state index contributed by atoms with van der Waals surface area (Å²) in [5.41, 5.74) is 1.16. The van der Waals surface area contributed by atoms with E-state index in [-0.39, 0.29) is 30.7 Å². The quantitative estimate of drug-likeness (QED) is 0.818. The highest BCUT2D eigenvalue weighted by Gasteiger charge is 2.31. The van der Waals surface area contributed by atoms with Gasteiger partial charge in [0, 0.05) is 29.7 Å². The van der Waals surface area contributed by atoms with Crippen LogP contribution in [0, 0.1) is 11.7 Å². The fourth-order valence-electron chi connectivity index (χ4n) is 3.09. The number of anilines is 1.